The van der Waals surface area contributed by atoms with Crippen LogP contribution in [0.1, 0.15) is 19.0 Å². The molecule has 0 radical (unpaired) electrons. The number of hydrogen-bond donors (Lipinski definition) is 2. The van der Waals surface area contributed by atoms with Crippen molar-refractivity contribution in [1.82, 2.24) is 14.5 Å². The first-order chi connectivity index (χ1) is 9.60. The van der Waals surface area contributed by atoms with Crippen molar-refractivity contribution in [3.63, 3.8) is 0 Å². The number of nitrogens with zero attached hydrogens (tertiary/aromatic N) is 2. The first-order valence-electron chi connectivity index (χ1n) is 6.29. The number of aromatic amines is 1. The number of anilines is 1. The first kappa shape index (κ1) is 14.0. The van der Waals surface area contributed by atoms with Gasteiger partial charge < -0.3 is 5.32 Å². The van der Waals surface area contributed by atoms with Gasteiger partial charge in [-0.25, -0.2) is 9.78 Å². The zero-order valence-electron chi connectivity index (χ0n) is 11.0. The Kier molecular flexibility index (Phi) is 4.29. The Morgan fingerprint density at radius 2 is 2.20 bits per heavy atom. The van der Waals surface area contributed by atoms with Crippen LogP contribution in [0, 0.1) is 5.82 Å². The summed E-state index contributed by atoms with van der Waals surface area (Å²) in [6.45, 7) is 2.93. The summed E-state index contributed by atoms with van der Waals surface area (Å²) < 4.78 is 14.2. The summed E-state index contributed by atoms with van der Waals surface area (Å²) in [5, 5.41) is 3.13. The Hall–Kier alpha value is -2.44. The van der Waals surface area contributed by atoms with Crippen LogP contribution in [0.25, 0.3) is 0 Å². The van der Waals surface area contributed by atoms with Gasteiger partial charge in [0.2, 0.25) is 5.82 Å². The molecule has 20 heavy (non-hydrogen) atoms. The molecule has 106 valence electrons. The topological polar surface area (TPSA) is 79.8 Å². The van der Waals surface area contributed by atoms with Crippen molar-refractivity contribution in [1.29, 1.82) is 0 Å². The van der Waals surface area contributed by atoms with Gasteiger partial charge in [-0.05, 0) is 18.6 Å². The number of halogens is 1. The predicted octanol–water partition coefficient (Wildman–Crippen LogP) is 0.941. The Labute approximate surface area is 114 Å². The minimum Gasteiger partial charge on any atom is -0.370 e. The molecule has 0 unspecified atom stereocenters. The van der Waals surface area contributed by atoms with E-state index in [1.165, 1.54) is 0 Å². The molecule has 0 aliphatic carbocycles. The summed E-state index contributed by atoms with van der Waals surface area (Å²) in [5.41, 5.74) is -1.08. The van der Waals surface area contributed by atoms with Gasteiger partial charge in [0.1, 0.15) is 5.82 Å². The van der Waals surface area contributed by atoms with Crippen molar-refractivity contribution in [2.45, 2.75) is 19.9 Å². The Bertz CT molecular complexity index is 708. The van der Waals surface area contributed by atoms with Gasteiger partial charge in [-0.2, -0.15) is 4.39 Å². The Morgan fingerprint density at radius 3 is 2.95 bits per heavy atom. The Balaban J connectivity index is 2.24. The van der Waals surface area contributed by atoms with E-state index in [4.69, 9.17) is 0 Å². The molecule has 0 aliphatic heterocycles. The van der Waals surface area contributed by atoms with Gasteiger partial charge in [0.25, 0.3) is 5.56 Å². The molecular weight excluding hydrogens is 263 g/mol. The largest absolute Gasteiger partial charge is 0.370 e. The molecule has 2 aromatic rings. The van der Waals surface area contributed by atoms with Crippen LogP contribution in [0.4, 0.5) is 10.2 Å². The fourth-order valence-corrected chi connectivity index (χ4v) is 1.69. The fraction of sp³-hybridized carbons (Fsp3) is 0.308. The van der Waals surface area contributed by atoms with Gasteiger partial charge >= 0.3 is 5.69 Å². The van der Waals surface area contributed by atoms with E-state index >= 15 is 0 Å². The number of nitrogens with one attached hydrogen (secondary N) is 2. The summed E-state index contributed by atoms with van der Waals surface area (Å²) in [7, 11) is 0. The van der Waals surface area contributed by atoms with E-state index < -0.39 is 17.1 Å². The van der Waals surface area contributed by atoms with Gasteiger partial charge in [-0.15, -0.1) is 0 Å². The minimum absolute atomic E-state index is 0.0914. The second-order valence-corrected chi connectivity index (χ2v) is 4.31. The van der Waals surface area contributed by atoms with E-state index in [0.717, 1.165) is 23.7 Å². The smallest absolute Gasteiger partial charge is 0.328 e. The maximum absolute atomic E-state index is 13.2. The highest BCUT2D eigenvalue weighted by Crippen LogP contribution is 2.05. The number of pyridine rings is 1. The molecule has 0 amide bonds. The highest BCUT2D eigenvalue weighted by Gasteiger charge is 2.05. The average Bonchev–Trinajstić information content (AvgIpc) is 2.43. The van der Waals surface area contributed by atoms with Crippen LogP contribution in [0.15, 0.2) is 34.0 Å². The second kappa shape index (κ2) is 6.14. The van der Waals surface area contributed by atoms with Crippen LogP contribution in [0.3, 0.4) is 0 Å². The predicted molar refractivity (Wildman–Crippen MR) is 73.4 cm³/mol. The maximum atomic E-state index is 13.2. The zero-order valence-corrected chi connectivity index (χ0v) is 11.0. The highest BCUT2D eigenvalue weighted by atomic mass is 19.1. The molecule has 7 heteroatoms. The summed E-state index contributed by atoms with van der Waals surface area (Å²) >= 11 is 0. The van der Waals surface area contributed by atoms with Gasteiger partial charge in [0.05, 0.1) is 18.4 Å². The van der Waals surface area contributed by atoms with E-state index in [9.17, 15) is 14.0 Å². The molecule has 0 spiro atoms. The molecule has 2 aromatic heterocycles. The Morgan fingerprint density at radius 1 is 1.40 bits per heavy atom. The van der Waals surface area contributed by atoms with Crippen LogP contribution >= 0.6 is 0 Å². The molecule has 0 aliphatic rings. The van der Waals surface area contributed by atoms with Crippen LogP contribution in [0.5, 0.6) is 0 Å². The van der Waals surface area contributed by atoms with Gasteiger partial charge in [0, 0.05) is 6.54 Å². The molecule has 0 aromatic carbocycles. The van der Waals surface area contributed by atoms with Gasteiger partial charge in [0.15, 0.2) is 0 Å². The van der Waals surface area contributed by atoms with Crippen molar-refractivity contribution < 1.29 is 4.39 Å². The normalized spacial score (nSPS) is 10.5. The molecular formula is C13H15FN4O2. The van der Waals surface area contributed by atoms with Gasteiger partial charge in [-0.1, -0.05) is 13.0 Å². The molecule has 0 atom stereocenters. The summed E-state index contributed by atoms with van der Waals surface area (Å²) in [6, 6.07) is 5.34. The number of H-pyrrole nitrogens is 1. The van der Waals surface area contributed by atoms with E-state index in [-0.39, 0.29) is 6.54 Å². The molecule has 2 heterocycles. The lowest BCUT2D eigenvalue weighted by molar-refractivity contribution is 0.564. The van der Waals surface area contributed by atoms with E-state index in [1.807, 2.05) is 18.0 Å². The minimum atomic E-state index is -1.02. The summed E-state index contributed by atoms with van der Waals surface area (Å²) in [4.78, 5) is 28.7. The summed E-state index contributed by atoms with van der Waals surface area (Å²) in [5.74, 6) is -0.299. The number of aromatic nitrogens is 3. The summed E-state index contributed by atoms with van der Waals surface area (Å²) in [6.07, 6.45) is 1.85. The third-order valence-corrected chi connectivity index (χ3v) is 2.66. The SMILES string of the molecule is CCCNc1cccc(Cn2cc(F)c(=O)[nH]c2=O)n1. The lowest BCUT2D eigenvalue weighted by atomic mass is 10.3. The molecule has 0 fully saturated rings. The highest BCUT2D eigenvalue weighted by molar-refractivity contribution is 5.35. The van der Waals surface area contributed by atoms with Crippen LogP contribution < -0.4 is 16.6 Å². The zero-order chi connectivity index (χ0) is 14.5. The van der Waals surface area contributed by atoms with E-state index in [1.54, 1.807) is 12.1 Å². The second-order valence-electron chi connectivity index (χ2n) is 4.31. The number of hydrogen-bond acceptors (Lipinski definition) is 4. The molecule has 0 saturated heterocycles. The first-order valence-corrected chi connectivity index (χ1v) is 6.29. The van der Waals surface area contributed by atoms with Gasteiger partial charge in [-0.3, -0.25) is 14.3 Å². The fourth-order valence-electron chi connectivity index (χ4n) is 1.69. The number of rotatable bonds is 5. The average molecular weight is 278 g/mol. The van der Waals surface area contributed by atoms with Crippen molar-refractivity contribution in [3.05, 3.63) is 56.7 Å². The molecule has 6 nitrogen and oxygen atoms in total. The van der Waals surface area contributed by atoms with Crippen LogP contribution in [0.2, 0.25) is 0 Å². The third kappa shape index (κ3) is 3.31. The van der Waals surface area contributed by atoms with Crippen LogP contribution in [-0.4, -0.2) is 21.1 Å². The molecule has 0 bridgehead atoms. The monoisotopic (exact) mass is 278 g/mol. The molecule has 0 saturated carbocycles. The van der Waals surface area contributed by atoms with Crippen molar-refractivity contribution in [2.75, 3.05) is 11.9 Å². The van der Waals surface area contributed by atoms with E-state index in [2.05, 4.69) is 10.3 Å². The maximum Gasteiger partial charge on any atom is 0.328 e. The standard InChI is InChI=1S/C13H15FN4O2/c1-2-6-15-11-5-3-4-9(16-11)7-18-8-10(14)12(19)17-13(18)20/h3-5,8H,2,6-7H2,1H3,(H,15,16)(H,17,19,20). The lowest BCUT2D eigenvalue weighted by Crippen LogP contribution is -2.31. The van der Waals surface area contributed by atoms with Crippen molar-refractivity contribution in [2.24, 2.45) is 0 Å². The molecule has 2 rings (SSSR count). The van der Waals surface area contributed by atoms with Crippen molar-refractivity contribution >= 4 is 5.82 Å². The van der Waals surface area contributed by atoms with E-state index in [0.29, 0.717) is 11.5 Å². The van der Waals surface area contributed by atoms with Crippen molar-refractivity contribution in [3.8, 4) is 0 Å². The third-order valence-electron chi connectivity index (χ3n) is 2.66. The quantitative estimate of drug-likeness (QED) is 0.853. The van der Waals surface area contributed by atoms with Crippen LogP contribution in [-0.2, 0) is 6.54 Å². The lowest BCUT2D eigenvalue weighted by Gasteiger charge is -2.07. The molecule has 2 N–H and O–H groups in total.